The zero-order valence-corrected chi connectivity index (χ0v) is 11.0. The highest BCUT2D eigenvalue weighted by Crippen LogP contribution is 2.27. The smallest absolute Gasteiger partial charge is 0.390 e. The quantitative estimate of drug-likeness (QED) is 0.640. The largest absolute Gasteiger partial charge is 0.491 e. The summed E-state index contributed by atoms with van der Waals surface area (Å²) >= 11 is 0. The van der Waals surface area contributed by atoms with E-state index >= 15 is 0 Å². The molecule has 0 unspecified atom stereocenters. The van der Waals surface area contributed by atoms with Gasteiger partial charge in [-0.05, 0) is 13.8 Å². The number of benzene rings is 1. The number of ether oxygens (including phenoxy) is 1. The molecule has 0 amide bonds. The zero-order valence-electron chi connectivity index (χ0n) is 11.0. The van der Waals surface area contributed by atoms with Crippen molar-refractivity contribution in [3.8, 4) is 5.75 Å². The minimum atomic E-state index is -4.27. The molecule has 0 saturated heterocycles. The molecule has 5 nitrogen and oxygen atoms in total. The van der Waals surface area contributed by atoms with Crippen LogP contribution in [0.3, 0.4) is 0 Å². The normalized spacial score (nSPS) is 11.5. The molecular weight excluding hydrogens is 277 g/mol. The van der Waals surface area contributed by atoms with E-state index in [2.05, 4.69) is 5.32 Å². The highest BCUT2D eigenvalue weighted by molar-refractivity contribution is 5.56. The van der Waals surface area contributed by atoms with Gasteiger partial charge in [-0.3, -0.25) is 10.1 Å². The maximum Gasteiger partial charge on any atom is 0.390 e. The molecule has 0 atom stereocenters. The van der Waals surface area contributed by atoms with Crippen LogP contribution >= 0.6 is 0 Å². The second-order valence-electron chi connectivity index (χ2n) is 4.43. The Balaban J connectivity index is 2.83. The molecule has 0 aromatic heterocycles. The molecule has 8 heteroatoms. The molecule has 0 radical (unpaired) electrons. The van der Waals surface area contributed by atoms with Crippen molar-refractivity contribution >= 4 is 11.4 Å². The second kappa shape index (κ2) is 6.44. The Kier molecular flexibility index (Phi) is 5.18. The van der Waals surface area contributed by atoms with E-state index in [-0.39, 0.29) is 29.8 Å². The topological polar surface area (TPSA) is 64.4 Å². The lowest BCUT2D eigenvalue weighted by atomic mass is 10.2. The van der Waals surface area contributed by atoms with E-state index in [9.17, 15) is 23.3 Å². The lowest BCUT2D eigenvalue weighted by Gasteiger charge is -2.13. The molecule has 1 rings (SSSR count). The standard InChI is InChI=1S/C12H15F3N2O3/c1-8(2)20-11-6-9(5-10(7-11)17(18)19)16-4-3-12(13,14)15/h5-8,16H,3-4H2,1-2H3. The summed E-state index contributed by atoms with van der Waals surface area (Å²) in [6.45, 7) is 3.14. The summed E-state index contributed by atoms with van der Waals surface area (Å²) in [5.74, 6) is 0.240. The first kappa shape index (κ1) is 16.1. The maximum atomic E-state index is 12.0. The van der Waals surface area contributed by atoms with Gasteiger partial charge in [-0.2, -0.15) is 13.2 Å². The third kappa shape index (κ3) is 5.77. The van der Waals surface area contributed by atoms with E-state index < -0.39 is 17.5 Å². The number of halogens is 3. The maximum absolute atomic E-state index is 12.0. The van der Waals surface area contributed by atoms with Crippen LogP contribution in [0.5, 0.6) is 5.75 Å². The van der Waals surface area contributed by atoms with Crippen LogP contribution in [0, 0.1) is 10.1 Å². The summed E-state index contributed by atoms with van der Waals surface area (Å²) in [5, 5.41) is 13.3. The third-order valence-corrected chi connectivity index (χ3v) is 2.21. The molecule has 20 heavy (non-hydrogen) atoms. The Morgan fingerprint density at radius 3 is 2.50 bits per heavy atom. The van der Waals surface area contributed by atoms with Gasteiger partial charge in [-0.25, -0.2) is 0 Å². The predicted molar refractivity (Wildman–Crippen MR) is 68.0 cm³/mol. The van der Waals surface area contributed by atoms with E-state index in [1.807, 2.05) is 0 Å². The van der Waals surface area contributed by atoms with Gasteiger partial charge < -0.3 is 10.1 Å². The molecule has 0 aliphatic heterocycles. The van der Waals surface area contributed by atoms with E-state index in [1.165, 1.54) is 18.2 Å². The molecule has 112 valence electrons. The molecule has 0 spiro atoms. The van der Waals surface area contributed by atoms with Gasteiger partial charge in [0, 0.05) is 24.4 Å². The van der Waals surface area contributed by atoms with Crippen LogP contribution in [0.15, 0.2) is 18.2 Å². The van der Waals surface area contributed by atoms with E-state index in [0.717, 1.165) is 0 Å². The molecule has 0 aliphatic carbocycles. The molecule has 1 N–H and O–H groups in total. The van der Waals surface area contributed by atoms with Crippen molar-refractivity contribution in [1.29, 1.82) is 0 Å². The fourth-order valence-electron chi connectivity index (χ4n) is 1.48. The number of anilines is 1. The van der Waals surface area contributed by atoms with Crippen LogP contribution in [0.2, 0.25) is 0 Å². The zero-order chi connectivity index (χ0) is 15.3. The number of rotatable bonds is 6. The van der Waals surface area contributed by atoms with Crippen molar-refractivity contribution in [3.05, 3.63) is 28.3 Å². The minimum Gasteiger partial charge on any atom is -0.491 e. The third-order valence-electron chi connectivity index (χ3n) is 2.21. The minimum absolute atomic E-state index is 0.194. The monoisotopic (exact) mass is 292 g/mol. The number of nitro groups is 1. The van der Waals surface area contributed by atoms with Gasteiger partial charge in [0.2, 0.25) is 0 Å². The Morgan fingerprint density at radius 2 is 2.00 bits per heavy atom. The van der Waals surface area contributed by atoms with Crippen LogP contribution in [-0.4, -0.2) is 23.7 Å². The molecule has 0 aliphatic rings. The van der Waals surface area contributed by atoms with Crippen molar-refractivity contribution in [2.24, 2.45) is 0 Å². The number of nitro benzene ring substituents is 1. The average molecular weight is 292 g/mol. The van der Waals surface area contributed by atoms with Crippen molar-refractivity contribution in [2.45, 2.75) is 32.5 Å². The first-order chi connectivity index (χ1) is 9.17. The number of hydrogen-bond acceptors (Lipinski definition) is 4. The fourth-order valence-corrected chi connectivity index (χ4v) is 1.48. The number of nitrogens with zero attached hydrogens (tertiary/aromatic N) is 1. The SMILES string of the molecule is CC(C)Oc1cc(NCCC(F)(F)F)cc([N+](=O)[O-])c1. The Morgan fingerprint density at radius 1 is 1.35 bits per heavy atom. The summed E-state index contributed by atoms with van der Waals surface area (Å²) in [7, 11) is 0. The summed E-state index contributed by atoms with van der Waals surface area (Å²) in [4.78, 5) is 10.1. The van der Waals surface area contributed by atoms with Crippen LogP contribution in [-0.2, 0) is 0 Å². The van der Waals surface area contributed by atoms with Crippen molar-refractivity contribution in [2.75, 3.05) is 11.9 Å². The number of hydrogen-bond donors (Lipinski definition) is 1. The van der Waals surface area contributed by atoms with E-state index in [0.29, 0.717) is 0 Å². The Bertz CT molecular complexity index is 476. The van der Waals surface area contributed by atoms with Gasteiger partial charge in [0.15, 0.2) is 0 Å². The fraction of sp³-hybridized carbons (Fsp3) is 0.500. The van der Waals surface area contributed by atoms with E-state index in [4.69, 9.17) is 4.74 Å². The lowest BCUT2D eigenvalue weighted by Crippen LogP contribution is -2.14. The molecular formula is C12H15F3N2O3. The number of alkyl halides is 3. The Hall–Kier alpha value is -1.99. The lowest BCUT2D eigenvalue weighted by molar-refractivity contribution is -0.384. The predicted octanol–water partition coefficient (Wildman–Crippen LogP) is 3.75. The van der Waals surface area contributed by atoms with Crippen molar-refractivity contribution in [3.63, 3.8) is 0 Å². The van der Waals surface area contributed by atoms with Gasteiger partial charge in [0.25, 0.3) is 5.69 Å². The van der Waals surface area contributed by atoms with Crippen molar-refractivity contribution in [1.82, 2.24) is 0 Å². The van der Waals surface area contributed by atoms with Crippen molar-refractivity contribution < 1.29 is 22.8 Å². The Labute approximate surface area is 113 Å². The molecule has 0 saturated carbocycles. The summed E-state index contributed by atoms with van der Waals surface area (Å²) in [5.41, 5.74) is -0.0169. The van der Waals surface area contributed by atoms with Gasteiger partial charge >= 0.3 is 6.18 Å². The van der Waals surface area contributed by atoms with Gasteiger partial charge in [0.05, 0.1) is 23.5 Å². The first-order valence-electron chi connectivity index (χ1n) is 5.94. The highest BCUT2D eigenvalue weighted by Gasteiger charge is 2.26. The molecule has 0 heterocycles. The van der Waals surface area contributed by atoms with Crippen LogP contribution in [0.25, 0.3) is 0 Å². The van der Waals surface area contributed by atoms with Gasteiger partial charge in [-0.1, -0.05) is 0 Å². The molecule has 0 bridgehead atoms. The van der Waals surface area contributed by atoms with Gasteiger partial charge in [0.1, 0.15) is 5.75 Å². The average Bonchev–Trinajstić information content (AvgIpc) is 2.25. The van der Waals surface area contributed by atoms with Gasteiger partial charge in [-0.15, -0.1) is 0 Å². The second-order valence-corrected chi connectivity index (χ2v) is 4.43. The number of nitrogens with one attached hydrogen (secondary N) is 1. The first-order valence-corrected chi connectivity index (χ1v) is 5.94. The number of non-ortho nitro benzene ring substituents is 1. The van der Waals surface area contributed by atoms with Crippen LogP contribution in [0.1, 0.15) is 20.3 Å². The van der Waals surface area contributed by atoms with Crippen LogP contribution in [0.4, 0.5) is 24.5 Å². The van der Waals surface area contributed by atoms with Crippen LogP contribution < -0.4 is 10.1 Å². The summed E-state index contributed by atoms with van der Waals surface area (Å²) in [6, 6.07) is 3.84. The summed E-state index contributed by atoms with van der Waals surface area (Å²) in [6.07, 6.45) is -5.49. The molecule has 1 aromatic rings. The highest BCUT2D eigenvalue weighted by atomic mass is 19.4. The van der Waals surface area contributed by atoms with E-state index in [1.54, 1.807) is 13.8 Å². The molecule has 0 fully saturated rings. The molecule has 1 aromatic carbocycles. The summed E-state index contributed by atoms with van der Waals surface area (Å²) < 4.78 is 41.5.